The Morgan fingerprint density at radius 2 is 1.22 bits per heavy atom. The fourth-order valence-corrected chi connectivity index (χ4v) is 5.26. The van der Waals surface area contributed by atoms with E-state index >= 15 is 0 Å². The topological polar surface area (TPSA) is 0 Å². The molecule has 0 nitrogen and oxygen atoms in total. The van der Waals surface area contributed by atoms with Crippen LogP contribution in [0, 0.1) is 32.6 Å². The van der Waals surface area contributed by atoms with Crippen molar-refractivity contribution in [1.82, 2.24) is 0 Å². The van der Waals surface area contributed by atoms with Crippen LogP contribution in [0.5, 0.6) is 0 Å². The standard InChI is InChI=1S/C22H25B/c1-15-12-16(2)22(17(3)13-15)23-20-10-6-4-8-18(20)14-19-9-5-7-11-21(19)23/h4-13,18-21H,14H2,1-3H3. The third-order valence-corrected chi connectivity index (χ3v) is 6.04. The smallest absolute Gasteiger partial charge is 0.0877 e. The summed E-state index contributed by atoms with van der Waals surface area (Å²) in [5.41, 5.74) is 5.92. The van der Waals surface area contributed by atoms with Crippen molar-refractivity contribution in [3.63, 3.8) is 0 Å². The number of rotatable bonds is 1. The van der Waals surface area contributed by atoms with Gasteiger partial charge in [-0.25, -0.2) is 0 Å². The van der Waals surface area contributed by atoms with Gasteiger partial charge in [-0.15, -0.1) is 0 Å². The molecule has 4 atom stereocenters. The molecule has 1 aliphatic heterocycles. The Morgan fingerprint density at radius 1 is 0.739 bits per heavy atom. The maximum Gasteiger partial charge on any atom is 0.191 e. The Labute approximate surface area is 140 Å². The lowest BCUT2D eigenvalue weighted by Crippen LogP contribution is -2.49. The molecule has 1 fully saturated rings. The Bertz CT molecular complexity index is 677. The highest BCUT2D eigenvalue weighted by Crippen LogP contribution is 2.49. The molecule has 1 aromatic rings. The minimum Gasteiger partial charge on any atom is -0.0877 e. The summed E-state index contributed by atoms with van der Waals surface area (Å²) in [6.45, 7) is 7.42. The van der Waals surface area contributed by atoms with Gasteiger partial charge in [-0.2, -0.15) is 0 Å². The van der Waals surface area contributed by atoms with E-state index in [0.29, 0.717) is 30.2 Å². The van der Waals surface area contributed by atoms with Crippen LogP contribution in [0.2, 0.25) is 11.6 Å². The van der Waals surface area contributed by atoms with Crippen LogP contribution < -0.4 is 5.46 Å². The van der Waals surface area contributed by atoms with Crippen molar-refractivity contribution in [2.45, 2.75) is 38.8 Å². The van der Waals surface area contributed by atoms with Crippen molar-refractivity contribution in [2.75, 3.05) is 0 Å². The van der Waals surface area contributed by atoms with E-state index in [0.717, 1.165) is 0 Å². The summed E-state index contributed by atoms with van der Waals surface area (Å²) in [6, 6.07) is 4.73. The normalized spacial score (nSPS) is 31.2. The molecule has 1 saturated heterocycles. The summed E-state index contributed by atoms with van der Waals surface area (Å²) in [7, 11) is 0. The molecule has 4 rings (SSSR count). The summed E-state index contributed by atoms with van der Waals surface area (Å²) < 4.78 is 0. The molecular formula is C22H25B. The van der Waals surface area contributed by atoms with Gasteiger partial charge in [-0.1, -0.05) is 82.9 Å². The quantitative estimate of drug-likeness (QED) is 0.644. The van der Waals surface area contributed by atoms with Gasteiger partial charge >= 0.3 is 0 Å². The van der Waals surface area contributed by atoms with Gasteiger partial charge in [0.05, 0.1) is 0 Å². The molecule has 0 bridgehead atoms. The molecule has 23 heavy (non-hydrogen) atoms. The first-order valence-electron chi connectivity index (χ1n) is 8.93. The first-order chi connectivity index (χ1) is 11.1. The van der Waals surface area contributed by atoms with E-state index in [4.69, 9.17) is 0 Å². The van der Waals surface area contributed by atoms with Gasteiger partial charge < -0.3 is 0 Å². The first kappa shape index (κ1) is 14.8. The van der Waals surface area contributed by atoms with E-state index in [-0.39, 0.29) is 0 Å². The van der Waals surface area contributed by atoms with Crippen molar-refractivity contribution in [3.8, 4) is 0 Å². The van der Waals surface area contributed by atoms with Gasteiger partial charge in [0, 0.05) is 0 Å². The lowest BCUT2D eigenvalue weighted by atomic mass is 9.23. The molecule has 0 N–H and O–H groups in total. The lowest BCUT2D eigenvalue weighted by Gasteiger charge is -2.45. The van der Waals surface area contributed by atoms with E-state index in [2.05, 4.69) is 81.5 Å². The molecule has 0 amide bonds. The van der Waals surface area contributed by atoms with Crippen LogP contribution in [-0.2, 0) is 0 Å². The van der Waals surface area contributed by atoms with Crippen LogP contribution in [0.4, 0.5) is 0 Å². The van der Waals surface area contributed by atoms with Crippen LogP contribution in [0.3, 0.4) is 0 Å². The number of fused-ring (bicyclic) bond motifs is 2. The van der Waals surface area contributed by atoms with Crippen LogP contribution in [0.25, 0.3) is 0 Å². The maximum atomic E-state index is 2.47. The Kier molecular flexibility index (Phi) is 3.68. The average molecular weight is 300 g/mol. The third kappa shape index (κ3) is 2.47. The summed E-state index contributed by atoms with van der Waals surface area (Å²) in [4.78, 5) is 0. The fraction of sp³-hybridized carbons (Fsp3) is 0.364. The van der Waals surface area contributed by atoms with Crippen molar-refractivity contribution >= 4 is 12.2 Å². The Morgan fingerprint density at radius 3 is 1.74 bits per heavy atom. The maximum absolute atomic E-state index is 2.47. The second kappa shape index (κ2) is 5.71. The van der Waals surface area contributed by atoms with Gasteiger partial charge in [0.25, 0.3) is 0 Å². The zero-order valence-electron chi connectivity index (χ0n) is 14.4. The predicted octanol–water partition coefficient (Wildman–Crippen LogP) is 4.94. The molecule has 2 aliphatic carbocycles. The van der Waals surface area contributed by atoms with Crippen LogP contribution in [0.15, 0.2) is 60.7 Å². The first-order valence-corrected chi connectivity index (χ1v) is 8.93. The van der Waals surface area contributed by atoms with E-state index in [1.807, 2.05) is 0 Å². The van der Waals surface area contributed by atoms with Crippen molar-refractivity contribution in [1.29, 1.82) is 0 Å². The lowest BCUT2D eigenvalue weighted by molar-refractivity contribution is 0.443. The Hall–Kier alpha value is -1.76. The molecule has 1 heteroatoms. The number of aryl methyl sites for hydroxylation is 3. The van der Waals surface area contributed by atoms with Crippen molar-refractivity contribution in [3.05, 3.63) is 77.4 Å². The van der Waals surface area contributed by atoms with Gasteiger partial charge in [0.1, 0.15) is 0 Å². The van der Waals surface area contributed by atoms with Gasteiger partial charge in [-0.3, -0.25) is 0 Å². The molecule has 4 unspecified atom stereocenters. The molecule has 116 valence electrons. The average Bonchev–Trinajstić information content (AvgIpc) is 2.53. The zero-order chi connectivity index (χ0) is 16.0. The molecule has 0 aromatic heterocycles. The molecule has 1 heterocycles. The molecule has 1 aromatic carbocycles. The zero-order valence-corrected chi connectivity index (χ0v) is 14.4. The largest absolute Gasteiger partial charge is 0.191 e. The minimum atomic E-state index is 0.599. The molecule has 0 radical (unpaired) electrons. The van der Waals surface area contributed by atoms with E-state index in [9.17, 15) is 0 Å². The van der Waals surface area contributed by atoms with Crippen LogP contribution in [-0.4, -0.2) is 6.71 Å². The van der Waals surface area contributed by atoms with Crippen LogP contribution in [0.1, 0.15) is 23.1 Å². The van der Waals surface area contributed by atoms with E-state index < -0.39 is 0 Å². The highest BCUT2D eigenvalue weighted by molar-refractivity contribution is 6.78. The van der Waals surface area contributed by atoms with Crippen LogP contribution >= 0.6 is 0 Å². The van der Waals surface area contributed by atoms with E-state index in [1.54, 1.807) is 5.46 Å². The number of allylic oxidation sites excluding steroid dienone is 8. The summed E-state index contributed by atoms with van der Waals surface area (Å²) in [6.07, 6.45) is 20.1. The Balaban J connectivity index is 1.86. The highest BCUT2D eigenvalue weighted by atomic mass is 14.3. The van der Waals surface area contributed by atoms with E-state index in [1.165, 1.54) is 23.1 Å². The SMILES string of the molecule is Cc1cc(C)c(B2C3C=CC=CC3CC3C=CC=CC23)c(C)c1. The fourth-order valence-electron chi connectivity index (χ4n) is 5.26. The summed E-state index contributed by atoms with van der Waals surface area (Å²) >= 11 is 0. The van der Waals surface area contributed by atoms with Crippen molar-refractivity contribution < 1.29 is 0 Å². The predicted molar refractivity (Wildman–Crippen MR) is 102 cm³/mol. The number of hydrogen-bond donors (Lipinski definition) is 0. The second-order valence-corrected chi connectivity index (χ2v) is 7.60. The second-order valence-electron chi connectivity index (χ2n) is 7.60. The summed E-state index contributed by atoms with van der Waals surface area (Å²) in [5, 5.41) is 0. The van der Waals surface area contributed by atoms with Gasteiger partial charge in [0.15, 0.2) is 6.71 Å². The monoisotopic (exact) mass is 300 g/mol. The minimum absolute atomic E-state index is 0.599. The van der Waals surface area contributed by atoms with Gasteiger partial charge in [-0.05, 0) is 50.7 Å². The molecule has 0 saturated carbocycles. The third-order valence-electron chi connectivity index (χ3n) is 6.04. The number of hydrogen-bond acceptors (Lipinski definition) is 0. The summed E-state index contributed by atoms with van der Waals surface area (Å²) in [5.74, 6) is 2.64. The number of benzene rings is 1. The highest BCUT2D eigenvalue weighted by Gasteiger charge is 2.45. The van der Waals surface area contributed by atoms with Crippen molar-refractivity contribution in [2.24, 2.45) is 11.8 Å². The molecule has 0 spiro atoms. The molecular weight excluding hydrogens is 275 g/mol. The molecule has 3 aliphatic rings. The van der Waals surface area contributed by atoms with Gasteiger partial charge in [0.2, 0.25) is 0 Å².